The number of aromatic nitrogens is 4. The lowest BCUT2D eigenvalue weighted by atomic mass is 10.1. The summed E-state index contributed by atoms with van der Waals surface area (Å²) in [4.78, 5) is 22.3. The highest BCUT2D eigenvalue weighted by Gasteiger charge is 2.34. The van der Waals surface area contributed by atoms with E-state index in [1.54, 1.807) is 18.5 Å². The first-order valence-electron chi connectivity index (χ1n) is 7.35. The molecule has 24 heavy (non-hydrogen) atoms. The normalized spacial score (nSPS) is 17.4. The molecule has 1 aliphatic heterocycles. The molecule has 4 rings (SSSR count). The number of halogens is 1. The van der Waals surface area contributed by atoms with Crippen LogP contribution in [-0.4, -0.2) is 32.0 Å². The Bertz CT molecular complexity index is 992. The van der Waals surface area contributed by atoms with E-state index in [1.165, 1.54) is 27.7 Å². The van der Waals surface area contributed by atoms with Crippen LogP contribution in [0.4, 0.5) is 10.2 Å². The van der Waals surface area contributed by atoms with Crippen molar-refractivity contribution in [3.8, 4) is 17.5 Å². The molecule has 118 valence electrons. The SMILES string of the molecule is N#CC1CCN(c2nc(-c3ncccc3F)cn3nccc23)C1=O. The minimum absolute atomic E-state index is 0.0830. The molecular weight excluding hydrogens is 311 g/mol. The molecule has 0 N–H and O–H groups in total. The number of nitriles is 1. The number of rotatable bonds is 2. The zero-order valence-corrected chi connectivity index (χ0v) is 12.4. The van der Waals surface area contributed by atoms with Gasteiger partial charge in [-0.15, -0.1) is 0 Å². The second-order valence-corrected chi connectivity index (χ2v) is 5.40. The highest BCUT2D eigenvalue weighted by atomic mass is 19.1. The van der Waals surface area contributed by atoms with Crippen molar-refractivity contribution < 1.29 is 9.18 Å². The Kier molecular flexibility index (Phi) is 3.20. The van der Waals surface area contributed by atoms with E-state index < -0.39 is 11.7 Å². The number of fused-ring (bicyclic) bond motifs is 1. The summed E-state index contributed by atoms with van der Waals surface area (Å²) in [6.07, 6.45) is 5.05. The van der Waals surface area contributed by atoms with Gasteiger partial charge in [0.15, 0.2) is 11.6 Å². The predicted molar refractivity (Wildman–Crippen MR) is 82.2 cm³/mol. The quantitative estimate of drug-likeness (QED) is 0.718. The maximum absolute atomic E-state index is 14.0. The second-order valence-electron chi connectivity index (χ2n) is 5.40. The van der Waals surface area contributed by atoms with Gasteiger partial charge >= 0.3 is 0 Å². The van der Waals surface area contributed by atoms with E-state index in [0.29, 0.717) is 24.3 Å². The summed E-state index contributed by atoms with van der Waals surface area (Å²) in [6.45, 7) is 0.388. The summed E-state index contributed by atoms with van der Waals surface area (Å²) in [5.74, 6) is -1.13. The van der Waals surface area contributed by atoms with Crippen molar-refractivity contribution in [2.45, 2.75) is 6.42 Å². The molecular formula is C16H11FN6O. The van der Waals surface area contributed by atoms with E-state index in [4.69, 9.17) is 5.26 Å². The monoisotopic (exact) mass is 322 g/mol. The lowest BCUT2D eigenvalue weighted by molar-refractivity contribution is -0.119. The third-order valence-electron chi connectivity index (χ3n) is 3.99. The third-order valence-corrected chi connectivity index (χ3v) is 3.99. The third kappa shape index (κ3) is 2.10. The number of pyridine rings is 1. The van der Waals surface area contributed by atoms with Gasteiger partial charge in [0.1, 0.15) is 22.8 Å². The van der Waals surface area contributed by atoms with Gasteiger partial charge in [0.2, 0.25) is 5.91 Å². The van der Waals surface area contributed by atoms with Gasteiger partial charge in [-0.25, -0.2) is 13.9 Å². The molecule has 1 fully saturated rings. The topological polar surface area (TPSA) is 87.2 Å². The Morgan fingerprint density at radius 1 is 1.33 bits per heavy atom. The standard InChI is InChI=1S/C16H11FN6O/c17-11-2-1-5-19-14(11)12-9-23-13(3-6-20-23)15(21-12)22-7-4-10(8-18)16(22)24/h1-3,5-6,9-10H,4,7H2. The zero-order chi connectivity index (χ0) is 16.7. The Hall–Kier alpha value is -3.34. The summed E-state index contributed by atoms with van der Waals surface area (Å²) in [7, 11) is 0. The van der Waals surface area contributed by atoms with Crippen LogP contribution in [0.15, 0.2) is 36.8 Å². The van der Waals surface area contributed by atoms with Crippen molar-refractivity contribution >= 4 is 17.2 Å². The minimum Gasteiger partial charge on any atom is -0.294 e. The summed E-state index contributed by atoms with van der Waals surface area (Å²) >= 11 is 0. The number of amides is 1. The van der Waals surface area contributed by atoms with Crippen molar-refractivity contribution in [1.29, 1.82) is 5.26 Å². The Balaban J connectivity index is 1.90. The summed E-state index contributed by atoms with van der Waals surface area (Å²) in [6, 6.07) is 6.50. The Morgan fingerprint density at radius 3 is 2.96 bits per heavy atom. The van der Waals surface area contributed by atoms with Crippen LogP contribution in [0.5, 0.6) is 0 Å². The largest absolute Gasteiger partial charge is 0.294 e. The van der Waals surface area contributed by atoms with Gasteiger partial charge < -0.3 is 0 Å². The molecule has 0 spiro atoms. The van der Waals surface area contributed by atoms with E-state index in [1.807, 2.05) is 6.07 Å². The van der Waals surface area contributed by atoms with Gasteiger partial charge in [0.25, 0.3) is 0 Å². The van der Waals surface area contributed by atoms with Crippen LogP contribution in [0.1, 0.15) is 6.42 Å². The van der Waals surface area contributed by atoms with E-state index in [-0.39, 0.29) is 17.3 Å². The summed E-state index contributed by atoms with van der Waals surface area (Å²) in [5, 5.41) is 13.2. The molecule has 8 heteroatoms. The average molecular weight is 322 g/mol. The highest BCUT2D eigenvalue weighted by molar-refractivity contribution is 6.01. The van der Waals surface area contributed by atoms with Crippen LogP contribution in [0, 0.1) is 23.1 Å². The van der Waals surface area contributed by atoms with Gasteiger partial charge in [-0.2, -0.15) is 10.4 Å². The smallest absolute Gasteiger partial charge is 0.245 e. The Morgan fingerprint density at radius 2 is 2.21 bits per heavy atom. The fourth-order valence-corrected chi connectivity index (χ4v) is 2.81. The molecule has 0 bridgehead atoms. The first-order valence-corrected chi connectivity index (χ1v) is 7.35. The van der Waals surface area contributed by atoms with Crippen molar-refractivity contribution in [3.63, 3.8) is 0 Å². The van der Waals surface area contributed by atoms with Crippen molar-refractivity contribution in [1.82, 2.24) is 19.6 Å². The molecule has 0 aliphatic carbocycles. The molecule has 1 atom stereocenters. The molecule has 3 aromatic rings. The van der Waals surface area contributed by atoms with Crippen LogP contribution in [-0.2, 0) is 4.79 Å². The molecule has 7 nitrogen and oxygen atoms in total. The number of nitrogens with zero attached hydrogens (tertiary/aromatic N) is 6. The van der Waals surface area contributed by atoms with Gasteiger partial charge in [0.05, 0.1) is 18.5 Å². The summed E-state index contributed by atoms with van der Waals surface area (Å²) in [5.41, 5.74) is 0.967. The molecule has 1 saturated heterocycles. The first-order chi connectivity index (χ1) is 11.7. The van der Waals surface area contributed by atoms with E-state index in [0.717, 1.165) is 0 Å². The Labute approximate surface area is 136 Å². The molecule has 1 unspecified atom stereocenters. The van der Waals surface area contributed by atoms with Crippen molar-refractivity contribution in [2.24, 2.45) is 5.92 Å². The lowest BCUT2D eigenvalue weighted by Gasteiger charge is -2.17. The first kappa shape index (κ1) is 14.3. The van der Waals surface area contributed by atoms with Gasteiger partial charge in [-0.3, -0.25) is 14.7 Å². The van der Waals surface area contributed by atoms with Crippen LogP contribution < -0.4 is 4.90 Å². The van der Waals surface area contributed by atoms with Gasteiger partial charge in [-0.1, -0.05) is 0 Å². The van der Waals surface area contributed by atoms with Crippen LogP contribution in [0.25, 0.3) is 16.9 Å². The molecule has 1 amide bonds. The maximum Gasteiger partial charge on any atom is 0.245 e. The number of carbonyl (C=O) groups is 1. The fraction of sp³-hybridized carbons (Fsp3) is 0.188. The number of carbonyl (C=O) groups excluding carboxylic acids is 1. The fourth-order valence-electron chi connectivity index (χ4n) is 2.81. The number of hydrogen-bond donors (Lipinski definition) is 0. The average Bonchev–Trinajstić information content (AvgIpc) is 3.20. The maximum atomic E-state index is 14.0. The molecule has 3 aromatic heterocycles. The van der Waals surface area contributed by atoms with Crippen molar-refractivity contribution in [3.05, 3.63) is 42.6 Å². The second kappa shape index (κ2) is 5.38. The molecule has 4 heterocycles. The number of anilines is 1. The lowest BCUT2D eigenvalue weighted by Crippen LogP contribution is -2.28. The number of hydrogen-bond acceptors (Lipinski definition) is 5. The van der Waals surface area contributed by atoms with Gasteiger partial charge in [-0.05, 0) is 24.6 Å². The van der Waals surface area contributed by atoms with Crippen LogP contribution >= 0.6 is 0 Å². The summed E-state index contributed by atoms with van der Waals surface area (Å²) < 4.78 is 15.6. The van der Waals surface area contributed by atoms with Crippen LogP contribution in [0.3, 0.4) is 0 Å². The predicted octanol–water partition coefficient (Wildman–Crippen LogP) is 1.81. The van der Waals surface area contributed by atoms with E-state index in [2.05, 4.69) is 15.1 Å². The van der Waals surface area contributed by atoms with E-state index in [9.17, 15) is 9.18 Å². The van der Waals surface area contributed by atoms with E-state index >= 15 is 0 Å². The molecule has 0 saturated carbocycles. The highest BCUT2D eigenvalue weighted by Crippen LogP contribution is 2.29. The molecule has 0 aromatic carbocycles. The van der Waals surface area contributed by atoms with Gasteiger partial charge in [0, 0.05) is 12.7 Å². The minimum atomic E-state index is -0.676. The van der Waals surface area contributed by atoms with Crippen molar-refractivity contribution in [2.75, 3.05) is 11.4 Å². The zero-order valence-electron chi connectivity index (χ0n) is 12.4. The van der Waals surface area contributed by atoms with Crippen LogP contribution in [0.2, 0.25) is 0 Å². The molecule has 0 radical (unpaired) electrons. The molecule has 1 aliphatic rings.